The highest BCUT2D eigenvalue weighted by molar-refractivity contribution is 7.89. The molecule has 1 aliphatic heterocycles. The number of aliphatic carboxylic acids is 1. The molecule has 0 bridgehead atoms. The molecule has 1 N–H and O–H groups in total. The van der Waals surface area contributed by atoms with E-state index >= 15 is 0 Å². The van der Waals surface area contributed by atoms with Crippen molar-refractivity contribution < 1.29 is 23.1 Å². The van der Waals surface area contributed by atoms with Gasteiger partial charge in [-0.05, 0) is 49.9 Å². The predicted molar refractivity (Wildman–Crippen MR) is 77.0 cm³/mol. The van der Waals surface area contributed by atoms with E-state index in [-0.39, 0.29) is 11.4 Å². The first kappa shape index (κ1) is 15.8. The highest BCUT2D eigenvalue weighted by Gasteiger charge is 2.40. The third kappa shape index (κ3) is 2.75. The average Bonchev–Trinajstić information content (AvgIpc) is 2.91. The fourth-order valence-electron chi connectivity index (χ4n) is 2.66. The molecular formula is C14H19NO5S. The van der Waals surface area contributed by atoms with Crippen molar-refractivity contribution in [3.8, 4) is 5.75 Å². The lowest BCUT2D eigenvalue weighted by atomic mass is 10.1. The van der Waals surface area contributed by atoms with Gasteiger partial charge in [-0.1, -0.05) is 0 Å². The van der Waals surface area contributed by atoms with Crippen molar-refractivity contribution in [1.29, 1.82) is 0 Å². The van der Waals surface area contributed by atoms with Gasteiger partial charge in [0.1, 0.15) is 11.8 Å². The highest BCUT2D eigenvalue weighted by Crippen LogP contribution is 2.31. The summed E-state index contributed by atoms with van der Waals surface area (Å²) in [5.41, 5.74) is 1.25. The summed E-state index contributed by atoms with van der Waals surface area (Å²) in [6.07, 6.45) is 0.910. The van der Waals surface area contributed by atoms with Crippen LogP contribution in [0.5, 0.6) is 5.75 Å². The van der Waals surface area contributed by atoms with Crippen molar-refractivity contribution in [1.82, 2.24) is 4.31 Å². The van der Waals surface area contributed by atoms with Crippen LogP contribution in [0.1, 0.15) is 24.0 Å². The number of methoxy groups -OCH3 is 1. The normalized spacial score (nSPS) is 19.7. The van der Waals surface area contributed by atoms with Gasteiger partial charge in [0.2, 0.25) is 10.0 Å². The molecule has 1 heterocycles. The van der Waals surface area contributed by atoms with E-state index < -0.39 is 22.0 Å². The van der Waals surface area contributed by atoms with Gasteiger partial charge in [0.25, 0.3) is 0 Å². The van der Waals surface area contributed by atoms with Gasteiger partial charge in [-0.25, -0.2) is 8.42 Å². The molecular weight excluding hydrogens is 294 g/mol. The number of hydrogen-bond acceptors (Lipinski definition) is 4. The summed E-state index contributed by atoms with van der Waals surface area (Å²) < 4.78 is 31.8. The van der Waals surface area contributed by atoms with E-state index in [0.29, 0.717) is 29.7 Å². The lowest BCUT2D eigenvalue weighted by Gasteiger charge is -2.22. The third-order valence-corrected chi connectivity index (χ3v) is 5.82. The standard InChI is InChI=1S/C14H19NO5S/c1-9-8-13(10(2)7-12(9)20-3)21(18,19)15-6-4-5-11(15)14(16)17/h7-8,11H,4-6H2,1-3H3,(H,16,17)/t11-/m1/s1. The molecule has 0 saturated carbocycles. The number of rotatable bonds is 4. The zero-order chi connectivity index (χ0) is 15.8. The molecule has 0 amide bonds. The summed E-state index contributed by atoms with van der Waals surface area (Å²) in [7, 11) is -2.29. The molecule has 1 aromatic rings. The van der Waals surface area contributed by atoms with Crippen molar-refractivity contribution in [3.63, 3.8) is 0 Å². The van der Waals surface area contributed by atoms with Crippen molar-refractivity contribution in [3.05, 3.63) is 23.3 Å². The van der Waals surface area contributed by atoms with E-state index in [1.54, 1.807) is 26.0 Å². The van der Waals surface area contributed by atoms with E-state index in [2.05, 4.69) is 0 Å². The summed E-state index contributed by atoms with van der Waals surface area (Å²) in [5, 5.41) is 9.17. The van der Waals surface area contributed by atoms with Gasteiger partial charge in [-0.3, -0.25) is 4.79 Å². The Morgan fingerprint density at radius 1 is 1.33 bits per heavy atom. The molecule has 2 rings (SSSR count). The Labute approximate surface area is 124 Å². The maximum atomic E-state index is 12.7. The molecule has 0 aromatic heterocycles. The Balaban J connectivity index is 2.49. The Morgan fingerprint density at radius 2 is 2.00 bits per heavy atom. The zero-order valence-electron chi connectivity index (χ0n) is 12.3. The van der Waals surface area contributed by atoms with Crippen LogP contribution in [0.4, 0.5) is 0 Å². The van der Waals surface area contributed by atoms with E-state index in [0.717, 1.165) is 4.31 Å². The third-order valence-electron chi connectivity index (χ3n) is 3.77. The van der Waals surface area contributed by atoms with Gasteiger partial charge in [0, 0.05) is 6.54 Å². The first-order valence-corrected chi connectivity index (χ1v) is 8.13. The van der Waals surface area contributed by atoms with Crippen LogP contribution < -0.4 is 4.74 Å². The van der Waals surface area contributed by atoms with Gasteiger partial charge >= 0.3 is 5.97 Å². The zero-order valence-corrected chi connectivity index (χ0v) is 13.1. The first-order valence-electron chi connectivity index (χ1n) is 6.69. The number of ether oxygens (including phenoxy) is 1. The molecule has 21 heavy (non-hydrogen) atoms. The second-order valence-corrected chi connectivity index (χ2v) is 7.06. The molecule has 7 heteroatoms. The van der Waals surface area contributed by atoms with Crippen LogP contribution in [0, 0.1) is 13.8 Å². The molecule has 1 fully saturated rings. The second kappa shape index (κ2) is 5.65. The molecule has 6 nitrogen and oxygen atoms in total. The smallest absolute Gasteiger partial charge is 0.322 e. The van der Waals surface area contributed by atoms with Crippen molar-refractivity contribution in [2.45, 2.75) is 37.6 Å². The van der Waals surface area contributed by atoms with Crippen molar-refractivity contribution in [2.24, 2.45) is 0 Å². The largest absolute Gasteiger partial charge is 0.496 e. The molecule has 0 radical (unpaired) electrons. The molecule has 1 aliphatic rings. The number of carboxylic acids is 1. The Kier molecular flexibility index (Phi) is 4.25. The van der Waals surface area contributed by atoms with Crippen LogP contribution in [0.15, 0.2) is 17.0 Å². The maximum absolute atomic E-state index is 12.7. The van der Waals surface area contributed by atoms with Gasteiger partial charge in [-0.15, -0.1) is 0 Å². The fourth-order valence-corrected chi connectivity index (χ4v) is 4.61. The second-order valence-electron chi connectivity index (χ2n) is 5.20. The molecule has 1 aromatic carbocycles. The number of sulfonamides is 1. The molecule has 1 atom stereocenters. The van der Waals surface area contributed by atoms with Gasteiger partial charge in [0.15, 0.2) is 0 Å². The first-order chi connectivity index (χ1) is 9.78. The van der Waals surface area contributed by atoms with E-state index in [9.17, 15) is 18.3 Å². The van der Waals surface area contributed by atoms with Crippen LogP contribution in [0.3, 0.4) is 0 Å². The average molecular weight is 313 g/mol. The SMILES string of the molecule is COc1cc(C)c(S(=O)(=O)N2CCC[C@@H]2C(=O)O)cc1C. The minimum absolute atomic E-state index is 0.147. The minimum atomic E-state index is -3.81. The van der Waals surface area contributed by atoms with E-state index in [4.69, 9.17) is 4.74 Å². The highest BCUT2D eigenvalue weighted by atomic mass is 32.2. The molecule has 0 unspecified atom stereocenters. The number of carbonyl (C=O) groups is 1. The number of hydrogen-bond donors (Lipinski definition) is 1. The van der Waals surface area contributed by atoms with Crippen molar-refractivity contribution >= 4 is 16.0 Å². The van der Waals surface area contributed by atoms with E-state index in [1.807, 2.05) is 0 Å². The monoisotopic (exact) mass is 313 g/mol. The van der Waals surface area contributed by atoms with Crippen LogP contribution >= 0.6 is 0 Å². The molecule has 1 saturated heterocycles. The molecule has 116 valence electrons. The van der Waals surface area contributed by atoms with E-state index in [1.165, 1.54) is 7.11 Å². The van der Waals surface area contributed by atoms with Crippen LogP contribution in [0.2, 0.25) is 0 Å². The maximum Gasteiger partial charge on any atom is 0.322 e. The topological polar surface area (TPSA) is 83.9 Å². The van der Waals surface area contributed by atoms with Crippen molar-refractivity contribution in [2.75, 3.05) is 13.7 Å². The van der Waals surface area contributed by atoms with Crippen LogP contribution in [0.25, 0.3) is 0 Å². The summed E-state index contributed by atoms with van der Waals surface area (Å²) in [4.78, 5) is 11.4. The van der Waals surface area contributed by atoms with Gasteiger partial charge < -0.3 is 9.84 Å². The molecule has 0 spiro atoms. The Morgan fingerprint density at radius 3 is 2.57 bits per heavy atom. The lowest BCUT2D eigenvalue weighted by Crippen LogP contribution is -2.40. The predicted octanol–water partition coefficient (Wildman–Crippen LogP) is 1.55. The Hall–Kier alpha value is -1.60. The van der Waals surface area contributed by atoms with Gasteiger partial charge in [0.05, 0.1) is 12.0 Å². The quantitative estimate of drug-likeness (QED) is 0.911. The van der Waals surface area contributed by atoms with Crippen LogP contribution in [-0.2, 0) is 14.8 Å². The molecule has 0 aliphatic carbocycles. The Bertz CT molecular complexity index is 668. The number of benzene rings is 1. The van der Waals surface area contributed by atoms with Gasteiger partial charge in [-0.2, -0.15) is 4.31 Å². The summed E-state index contributed by atoms with van der Waals surface area (Å²) >= 11 is 0. The summed E-state index contributed by atoms with van der Waals surface area (Å²) in [6, 6.07) is 2.23. The fraction of sp³-hybridized carbons (Fsp3) is 0.500. The lowest BCUT2D eigenvalue weighted by molar-refractivity contribution is -0.140. The summed E-state index contributed by atoms with van der Waals surface area (Å²) in [5.74, 6) is -0.485. The minimum Gasteiger partial charge on any atom is -0.496 e. The number of carboxylic acid groups (broad SMARTS) is 1. The number of nitrogens with zero attached hydrogens (tertiary/aromatic N) is 1. The van der Waals surface area contributed by atoms with Crippen LogP contribution in [-0.4, -0.2) is 43.5 Å². The number of aryl methyl sites for hydroxylation is 2. The summed E-state index contributed by atoms with van der Waals surface area (Å²) in [6.45, 7) is 3.68.